The van der Waals surface area contributed by atoms with Gasteiger partial charge in [-0.15, -0.1) is 11.8 Å². The van der Waals surface area contributed by atoms with E-state index in [1.54, 1.807) is 11.8 Å². The van der Waals surface area contributed by atoms with Crippen molar-refractivity contribution < 1.29 is 0 Å². The fourth-order valence-corrected chi connectivity index (χ4v) is 3.44. The quantitative estimate of drug-likeness (QED) is 0.775. The van der Waals surface area contributed by atoms with Crippen molar-refractivity contribution in [3.05, 3.63) is 66.5 Å². The summed E-state index contributed by atoms with van der Waals surface area (Å²) in [5.41, 5.74) is 3.53. The molecule has 4 heteroatoms. The van der Waals surface area contributed by atoms with Gasteiger partial charge in [0.15, 0.2) is 0 Å². The van der Waals surface area contributed by atoms with Crippen LogP contribution >= 0.6 is 11.8 Å². The second-order valence-electron chi connectivity index (χ2n) is 6.15. The van der Waals surface area contributed by atoms with Crippen LogP contribution in [0.5, 0.6) is 0 Å². The third kappa shape index (κ3) is 3.71. The van der Waals surface area contributed by atoms with Crippen LogP contribution < -0.4 is 10.6 Å². The van der Waals surface area contributed by atoms with Crippen molar-refractivity contribution in [2.75, 3.05) is 18.6 Å². The van der Waals surface area contributed by atoms with Crippen LogP contribution in [-0.2, 0) is 0 Å². The molecule has 1 heterocycles. The van der Waals surface area contributed by atoms with Crippen LogP contribution in [-0.4, -0.2) is 23.8 Å². The van der Waals surface area contributed by atoms with Crippen LogP contribution in [0, 0.1) is 0 Å². The van der Waals surface area contributed by atoms with E-state index in [9.17, 15) is 0 Å². The van der Waals surface area contributed by atoms with Gasteiger partial charge in [-0.25, -0.2) is 4.98 Å². The predicted octanol–water partition coefficient (Wildman–Crippen LogP) is 4.70. The molecule has 0 radical (unpaired) electrons. The van der Waals surface area contributed by atoms with E-state index in [1.807, 2.05) is 19.3 Å². The van der Waals surface area contributed by atoms with E-state index < -0.39 is 0 Å². The van der Waals surface area contributed by atoms with Crippen LogP contribution in [0.2, 0.25) is 0 Å². The molecule has 1 aromatic carbocycles. The molecule has 124 valence electrons. The lowest BCUT2D eigenvalue weighted by Crippen LogP contribution is -2.39. The zero-order valence-corrected chi connectivity index (χ0v) is 15.2. The molecule has 1 unspecified atom stereocenters. The summed E-state index contributed by atoms with van der Waals surface area (Å²) in [6.07, 6.45) is 11.3. The maximum absolute atomic E-state index is 4.59. The highest BCUT2D eigenvalue weighted by Gasteiger charge is 2.22. The Hall–Kier alpha value is -2.04. The molecule has 3 nitrogen and oxygen atoms in total. The number of pyridine rings is 1. The molecular weight excluding hydrogens is 314 g/mol. The first-order valence-electron chi connectivity index (χ1n) is 8.07. The van der Waals surface area contributed by atoms with E-state index in [1.165, 1.54) is 16.2 Å². The molecule has 0 spiro atoms. The van der Waals surface area contributed by atoms with Gasteiger partial charge in [-0.05, 0) is 50.1 Å². The summed E-state index contributed by atoms with van der Waals surface area (Å²) in [5.74, 6) is 0.875. The van der Waals surface area contributed by atoms with Gasteiger partial charge in [-0.1, -0.05) is 30.4 Å². The zero-order chi connectivity index (χ0) is 17.0. The highest BCUT2D eigenvalue weighted by Crippen LogP contribution is 2.30. The molecule has 0 saturated heterocycles. The third-order valence-corrected chi connectivity index (χ3v) is 5.16. The fourth-order valence-electron chi connectivity index (χ4n) is 2.82. The van der Waals surface area contributed by atoms with Gasteiger partial charge in [0.2, 0.25) is 0 Å². The standard InChI is InChI=1S/C20H23N3S/c1-20(21-2)12-6-7-16(13-20)23-19-11-10-15(14-22-19)17-8-4-5-9-18(17)24-3/h4-12,14,21H,13H2,1-3H3,(H,22,23). The van der Waals surface area contributed by atoms with E-state index >= 15 is 0 Å². The molecule has 1 aromatic heterocycles. The van der Waals surface area contributed by atoms with Gasteiger partial charge in [-0.3, -0.25) is 0 Å². The Morgan fingerprint density at radius 3 is 2.71 bits per heavy atom. The summed E-state index contributed by atoms with van der Waals surface area (Å²) in [6, 6.07) is 12.6. The molecule has 2 aromatic rings. The molecule has 1 atom stereocenters. The highest BCUT2D eigenvalue weighted by atomic mass is 32.2. The molecule has 2 N–H and O–H groups in total. The van der Waals surface area contributed by atoms with Crippen molar-refractivity contribution in [2.45, 2.75) is 23.8 Å². The Bertz CT molecular complexity index is 765. The minimum atomic E-state index is -0.00564. The molecule has 0 bridgehead atoms. The van der Waals surface area contributed by atoms with Crippen LogP contribution in [0.3, 0.4) is 0 Å². The highest BCUT2D eigenvalue weighted by molar-refractivity contribution is 7.98. The van der Waals surface area contributed by atoms with E-state index in [2.05, 4.69) is 77.4 Å². The van der Waals surface area contributed by atoms with Gasteiger partial charge in [0.1, 0.15) is 5.82 Å². The van der Waals surface area contributed by atoms with E-state index in [0.29, 0.717) is 0 Å². The minimum Gasteiger partial charge on any atom is -0.344 e. The number of hydrogen-bond acceptors (Lipinski definition) is 4. The zero-order valence-electron chi connectivity index (χ0n) is 14.3. The van der Waals surface area contributed by atoms with Gasteiger partial charge in [0.25, 0.3) is 0 Å². The number of thioether (sulfide) groups is 1. The molecular formula is C20H23N3S. The Kier molecular flexibility index (Phi) is 5.07. The maximum atomic E-state index is 4.59. The molecule has 24 heavy (non-hydrogen) atoms. The number of aromatic nitrogens is 1. The first kappa shape index (κ1) is 16.8. The lowest BCUT2D eigenvalue weighted by molar-refractivity contribution is 0.471. The number of anilines is 1. The lowest BCUT2D eigenvalue weighted by Gasteiger charge is -2.29. The first-order chi connectivity index (χ1) is 11.6. The minimum absolute atomic E-state index is 0.00564. The summed E-state index contributed by atoms with van der Waals surface area (Å²) >= 11 is 1.76. The normalized spacial score (nSPS) is 19.9. The van der Waals surface area contributed by atoms with Crippen molar-refractivity contribution in [3.63, 3.8) is 0 Å². The lowest BCUT2D eigenvalue weighted by atomic mass is 9.91. The van der Waals surface area contributed by atoms with E-state index in [4.69, 9.17) is 0 Å². The first-order valence-corrected chi connectivity index (χ1v) is 9.30. The van der Waals surface area contributed by atoms with Crippen molar-refractivity contribution in [1.82, 2.24) is 10.3 Å². The summed E-state index contributed by atoms with van der Waals surface area (Å²) in [4.78, 5) is 5.86. The van der Waals surface area contributed by atoms with Crippen LogP contribution in [0.4, 0.5) is 5.82 Å². The van der Waals surface area contributed by atoms with Crippen molar-refractivity contribution in [2.24, 2.45) is 0 Å². The molecule has 0 amide bonds. The predicted molar refractivity (Wildman–Crippen MR) is 104 cm³/mol. The maximum Gasteiger partial charge on any atom is 0.130 e. The van der Waals surface area contributed by atoms with Crippen LogP contribution in [0.25, 0.3) is 11.1 Å². The average molecular weight is 337 g/mol. The number of allylic oxidation sites excluding steroid dienone is 2. The van der Waals surface area contributed by atoms with Gasteiger partial charge in [0.05, 0.1) is 0 Å². The smallest absolute Gasteiger partial charge is 0.130 e. The molecule has 0 aliphatic heterocycles. The Labute approximate surface area is 148 Å². The number of hydrogen-bond donors (Lipinski definition) is 2. The molecule has 1 aliphatic carbocycles. The monoisotopic (exact) mass is 337 g/mol. The van der Waals surface area contributed by atoms with Crippen molar-refractivity contribution in [3.8, 4) is 11.1 Å². The molecule has 3 rings (SSSR count). The van der Waals surface area contributed by atoms with Gasteiger partial charge >= 0.3 is 0 Å². The Morgan fingerprint density at radius 2 is 2.00 bits per heavy atom. The van der Waals surface area contributed by atoms with Crippen molar-refractivity contribution >= 4 is 17.6 Å². The van der Waals surface area contributed by atoms with Crippen LogP contribution in [0.1, 0.15) is 13.3 Å². The van der Waals surface area contributed by atoms with E-state index in [-0.39, 0.29) is 5.54 Å². The Morgan fingerprint density at radius 1 is 1.17 bits per heavy atom. The third-order valence-electron chi connectivity index (χ3n) is 4.36. The van der Waals surface area contributed by atoms with Gasteiger partial charge < -0.3 is 10.6 Å². The number of rotatable bonds is 5. The second kappa shape index (κ2) is 7.24. The summed E-state index contributed by atoms with van der Waals surface area (Å²) in [5, 5.41) is 6.78. The number of benzene rings is 1. The van der Waals surface area contributed by atoms with E-state index in [0.717, 1.165) is 17.8 Å². The second-order valence-corrected chi connectivity index (χ2v) is 7.00. The largest absolute Gasteiger partial charge is 0.344 e. The van der Waals surface area contributed by atoms with Crippen LogP contribution in [0.15, 0.2) is 71.4 Å². The molecule has 1 aliphatic rings. The summed E-state index contributed by atoms with van der Waals surface area (Å²) < 4.78 is 0. The van der Waals surface area contributed by atoms with Crippen molar-refractivity contribution in [1.29, 1.82) is 0 Å². The number of likely N-dealkylation sites (N-methyl/N-ethyl adjacent to an activating group) is 1. The average Bonchev–Trinajstić information content (AvgIpc) is 2.62. The topological polar surface area (TPSA) is 37.0 Å². The fraction of sp³-hybridized carbons (Fsp3) is 0.250. The SMILES string of the molecule is CNC1(C)C=CC=C(Nc2ccc(-c3ccccc3SC)cn2)C1. The number of nitrogens with one attached hydrogen (secondary N) is 2. The Balaban J connectivity index is 1.76. The summed E-state index contributed by atoms with van der Waals surface area (Å²) in [7, 11) is 1.99. The molecule has 0 saturated carbocycles. The summed E-state index contributed by atoms with van der Waals surface area (Å²) in [6.45, 7) is 2.19. The van der Waals surface area contributed by atoms with Gasteiger partial charge in [-0.2, -0.15) is 0 Å². The van der Waals surface area contributed by atoms with Gasteiger partial charge in [0, 0.05) is 34.3 Å². The number of nitrogens with zero attached hydrogens (tertiary/aromatic N) is 1. The molecule has 0 fully saturated rings.